The maximum atomic E-state index is 13.1. The molecule has 0 aromatic heterocycles. The molecule has 0 saturated heterocycles. The molecular weight excluding hydrogens is 486 g/mol. The van der Waals surface area contributed by atoms with Crippen molar-refractivity contribution in [1.82, 2.24) is 4.90 Å². The fourth-order valence-corrected chi connectivity index (χ4v) is 5.47. The zero-order valence-electron chi connectivity index (χ0n) is 21.5. The van der Waals surface area contributed by atoms with Crippen molar-refractivity contribution in [2.45, 2.75) is 22.6 Å². The molecule has 0 aliphatic heterocycles. The summed E-state index contributed by atoms with van der Waals surface area (Å²) >= 11 is 0. The minimum absolute atomic E-state index is 0.255. The van der Waals surface area contributed by atoms with Crippen LogP contribution in [0.25, 0.3) is 10.8 Å². The van der Waals surface area contributed by atoms with E-state index in [1.54, 1.807) is 50.6 Å². The van der Waals surface area contributed by atoms with E-state index in [1.165, 1.54) is 5.56 Å². The number of ether oxygens (including phenoxy) is 3. The first-order chi connectivity index (χ1) is 17.9. The Balaban J connectivity index is 1.24. The van der Waals surface area contributed by atoms with Crippen LogP contribution < -0.4 is 14.2 Å². The topological polar surface area (TPSA) is 65.1 Å². The van der Waals surface area contributed by atoms with Crippen LogP contribution in [0.4, 0.5) is 0 Å². The number of rotatable bonds is 12. The van der Waals surface area contributed by atoms with E-state index in [9.17, 15) is 8.42 Å². The van der Waals surface area contributed by atoms with Crippen LogP contribution in [0.5, 0.6) is 17.2 Å². The normalized spacial score (nSPS) is 11.6. The van der Waals surface area contributed by atoms with Crippen LogP contribution in [0.15, 0.2) is 94.7 Å². The molecule has 4 aromatic rings. The van der Waals surface area contributed by atoms with Crippen LogP contribution in [0.1, 0.15) is 12.0 Å². The summed E-state index contributed by atoms with van der Waals surface area (Å²) in [5.41, 5.74) is 1.19. The second-order valence-corrected chi connectivity index (χ2v) is 10.9. The van der Waals surface area contributed by atoms with Gasteiger partial charge in [-0.05, 0) is 84.8 Å². The van der Waals surface area contributed by atoms with Crippen molar-refractivity contribution in [1.29, 1.82) is 0 Å². The molecule has 37 heavy (non-hydrogen) atoms. The van der Waals surface area contributed by atoms with Gasteiger partial charge in [0, 0.05) is 13.1 Å². The number of nitrogens with zero attached hydrogens (tertiary/aromatic N) is 1. The highest BCUT2D eigenvalue weighted by Gasteiger charge is 2.18. The molecule has 0 unspecified atom stereocenters. The Morgan fingerprint density at radius 3 is 2.16 bits per heavy atom. The molecule has 0 aliphatic rings. The van der Waals surface area contributed by atoms with Crippen molar-refractivity contribution in [3.05, 3.63) is 90.5 Å². The summed E-state index contributed by atoms with van der Waals surface area (Å²) in [5, 5.41) is 1.91. The molecule has 4 aromatic carbocycles. The molecule has 0 fully saturated rings. The van der Waals surface area contributed by atoms with Gasteiger partial charge < -0.3 is 19.1 Å². The fraction of sp³-hybridized carbons (Fsp3) is 0.267. The quantitative estimate of drug-likeness (QED) is 0.226. The van der Waals surface area contributed by atoms with Crippen LogP contribution in [-0.2, 0) is 16.3 Å². The largest absolute Gasteiger partial charge is 0.494 e. The second kappa shape index (κ2) is 12.1. The Bertz CT molecular complexity index is 1430. The van der Waals surface area contributed by atoms with E-state index in [1.807, 2.05) is 42.5 Å². The van der Waals surface area contributed by atoms with Gasteiger partial charge in [-0.2, -0.15) is 0 Å². The summed E-state index contributed by atoms with van der Waals surface area (Å²) in [6.07, 6.45) is 1.77. The molecule has 0 amide bonds. The SMILES string of the molecule is COc1ccc(CCN(C)CCCOc2ccc(S(=O)(=O)c3ccc4ccccc4c3)cc2)cc1OC. The molecule has 0 radical (unpaired) electrons. The first-order valence-corrected chi connectivity index (χ1v) is 13.8. The van der Waals surface area contributed by atoms with Gasteiger partial charge in [0.1, 0.15) is 5.75 Å². The first-order valence-electron chi connectivity index (χ1n) is 12.3. The Labute approximate surface area is 219 Å². The van der Waals surface area contributed by atoms with Crippen molar-refractivity contribution >= 4 is 20.6 Å². The lowest BCUT2D eigenvalue weighted by Crippen LogP contribution is -2.23. The Hall–Kier alpha value is -3.55. The summed E-state index contributed by atoms with van der Waals surface area (Å²) in [6.45, 7) is 2.36. The number of likely N-dealkylation sites (N-methyl/N-ethyl adjacent to an activating group) is 1. The summed E-state index contributed by atoms with van der Waals surface area (Å²) in [4.78, 5) is 2.81. The highest BCUT2D eigenvalue weighted by atomic mass is 32.2. The molecule has 0 N–H and O–H groups in total. The van der Waals surface area contributed by atoms with Gasteiger partial charge >= 0.3 is 0 Å². The van der Waals surface area contributed by atoms with Crippen LogP contribution in [-0.4, -0.2) is 54.3 Å². The Morgan fingerprint density at radius 2 is 1.43 bits per heavy atom. The van der Waals surface area contributed by atoms with E-state index in [0.29, 0.717) is 12.4 Å². The first kappa shape index (κ1) is 26.5. The van der Waals surface area contributed by atoms with Crippen molar-refractivity contribution in [2.24, 2.45) is 0 Å². The molecule has 4 rings (SSSR count). The van der Waals surface area contributed by atoms with Gasteiger partial charge in [0.2, 0.25) is 9.84 Å². The van der Waals surface area contributed by atoms with Crippen LogP contribution in [0, 0.1) is 0 Å². The summed E-state index contributed by atoms with van der Waals surface area (Å²) in [5.74, 6) is 2.13. The summed E-state index contributed by atoms with van der Waals surface area (Å²) in [7, 11) is 1.77. The van der Waals surface area contributed by atoms with Gasteiger partial charge in [0.05, 0.1) is 30.6 Å². The molecule has 0 heterocycles. The molecule has 0 atom stereocenters. The molecular formula is C30H33NO5S. The van der Waals surface area contributed by atoms with E-state index in [-0.39, 0.29) is 9.79 Å². The van der Waals surface area contributed by atoms with E-state index in [4.69, 9.17) is 14.2 Å². The summed E-state index contributed by atoms with van der Waals surface area (Å²) in [6, 6.07) is 25.6. The molecule has 7 heteroatoms. The lowest BCUT2D eigenvalue weighted by molar-refractivity contribution is 0.264. The highest BCUT2D eigenvalue weighted by molar-refractivity contribution is 7.91. The average Bonchev–Trinajstić information content (AvgIpc) is 2.94. The minimum Gasteiger partial charge on any atom is -0.494 e. The monoisotopic (exact) mass is 519 g/mol. The van der Waals surface area contributed by atoms with Gasteiger partial charge in [-0.15, -0.1) is 0 Å². The van der Waals surface area contributed by atoms with E-state index >= 15 is 0 Å². The van der Waals surface area contributed by atoms with Crippen LogP contribution in [0.3, 0.4) is 0 Å². The third kappa shape index (κ3) is 6.61. The standard InChI is InChI=1S/C30H33NO5S/c1-31(19-17-23-9-16-29(34-2)30(21-23)35-3)18-6-20-36-26-11-14-27(15-12-26)37(32,33)28-13-10-24-7-4-5-8-25(24)22-28/h4-5,7-16,21-22H,6,17-20H2,1-3H3. The van der Waals surface area contributed by atoms with Gasteiger partial charge in [-0.25, -0.2) is 8.42 Å². The lowest BCUT2D eigenvalue weighted by Gasteiger charge is -2.17. The molecule has 0 aliphatic carbocycles. The Kier molecular flexibility index (Phi) is 8.69. The summed E-state index contributed by atoms with van der Waals surface area (Å²) < 4.78 is 42.7. The maximum Gasteiger partial charge on any atom is 0.206 e. The van der Waals surface area contributed by atoms with Gasteiger partial charge in [0.25, 0.3) is 0 Å². The second-order valence-electron chi connectivity index (χ2n) is 8.93. The number of methoxy groups -OCH3 is 2. The number of benzene rings is 4. The Morgan fingerprint density at radius 1 is 0.730 bits per heavy atom. The third-order valence-electron chi connectivity index (χ3n) is 6.35. The van der Waals surface area contributed by atoms with Gasteiger partial charge in [-0.3, -0.25) is 0 Å². The van der Waals surface area contributed by atoms with Crippen molar-refractivity contribution < 1.29 is 22.6 Å². The lowest BCUT2D eigenvalue weighted by atomic mass is 10.1. The van der Waals surface area contributed by atoms with E-state index in [2.05, 4.69) is 18.0 Å². The smallest absolute Gasteiger partial charge is 0.206 e. The van der Waals surface area contributed by atoms with Crippen LogP contribution >= 0.6 is 0 Å². The predicted molar refractivity (Wildman–Crippen MR) is 147 cm³/mol. The number of hydrogen-bond acceptors (Lipinski definition) is 6. The predicted octanol–water partition coefficient (Wildman–Crippen LogP) is 5.63. The molecule has 6 nitrogen and oxygen atoms in total. The van der Waals surface area contributed by atoms with Gasteiger partial charge in [0.15, 0.2) is 11.5 Å². The molecule has 0 bridgehead atoms. The minimum atomic E-state index is -3.60. The number of hydrogen-bond donors (Lipinski definition) is 0. The zero-order valence-corrected chi connectivity index (χ0v) is 22.3. The molecule has 0 saturated carbocycles. The molecule has 194 valence electrons. The number of fused-ring (bicyclic) bond motifs is 1. The molecule has 0 spiro atoms. The van der Waals surface area contributed by atoms with E-state index < -0.39 is 9.84 Å². The zero-order chi connectivity index (χ0) is 26.3. The van der Waals surface area contributed by atoms with Crippen LogP contribution in [0.2, 0.25) is 0 Å². The van der Waals surface area contributed by atoms with Gasteiger partial charge in [-0.1, -0.05) is 36.4 Å². The number of sulfone groups is 1. The highest BCUT2D eigenvalue weighted by Crippen LogP contribution is 2.28. The average molecular weight is 520 g/mol. The third-order valence-corrected chi connectivity index (χ3v) is 8.12. The van der Waals surface area contributed by atoms with Crippen molar-refractivity contribution in [3.8, 4) is 17.2 Å². The van der Waals surface area contributed by atoms with Crippen molar-refractivity contribution in [2.75, 3.05) is 41.0 Å². The van der Waals surface area contributed by atoms with Crippen molar-refractivity contribution in [3.63, 3.8) is 0 Å². The fourth-order valence-electron chi connectivity index (χ4n) is 4.18. The maximum absolute atomic E-state index is 13.1. The van der Waals surface area contributed by atoms with E-state index in [0.717, 1.165) is 48.2 Å².